The van der Waals surface area contributed by atoms with Crippen LogP contribution in [-0.4, -0.2) is 29.9 Å². The van der Waals surface area contributed by atoms with E-state index in [0.29, 0.717) is 19.5 Å². The number of carbonyl (C=O) groups excluding carboxylic acids is 2. The number of hydrogen-bond acceptors (Lipinski definition) is 2. The average Bonchev–Trinajstić information content (AvgIpc) is 2.45. The van der Waals surface area contributed by atoms with Gasteiger partial charge in [-0.1, -0.05) is 44.2 Å². The SMILES string of the molecule is CC.O=C1CCN(CCCc2ccccc2)C(=O)N1. The van der Waals surface area contributed by atoms with E-state index in [1.807, 2.05) is 32.0 Å². The molecule has 0 unspecified atom stereocenters. The third kappa shape index (κ3) is 5.12. The Morgan fingerprint density at radius 3 is 2.47 bits per heavy atom. The van der Waals surface area contributed by atoms with Gasteiger partial charge in [0.15, 0.2) is 0 Å². The van der Waals surface area contributed by atoms with Crippen molar-refractivity contribution in [3.05, 3.63) is 35.9 Å². The number of benzene rings is 1. The molecule has 1 saturated heterocycles. The largest absolute Gasteiger partial charge is 0.324 e. The van der Waals surface area contributed by atoms with Gasteiger partial charge in [0.05, 0.1) is 0 Å². The third-order valence-corrected chi connectivity index (χ3v) is 2.88. The number of nitrogens with one attached hydrogen (secondary N) is 1. The van der Waals surface area contributed by atoms with Gasteiger partial charge in [0.25, 0.3) is 0 Å². The summed E-state index contributed by atoms with van der Waals surface area (Å²) in [6, 6.07) is 9.94. The number of carbonyl (C=O) groups is 2. The van der Waals surface area contributed by atoms with E-state index in [-0.39, 0.29) is 11.9 Å². The maximum absolute atomic E-state index is 11.4. The molecule has 1 aliphatic heterocycles. The predicted molar refractivity (Wildman–Crippen MR) is 75.8 cm³/mol. The summed E-state index contributed by atoms with van der Waals surface area (Å²) < 4.78 is 0. The second kappa shape index (κ2) is 8.29. The summed E-state index contributed by atoms with van der Waals surface area (Å²) in [5, 5.41) is 2.33. The van der Waals surface area contributed by atoms with E-state index in [4.69, 9.17) is 0 Å². The first kappa shape index (κ1) is 15.2. The molecule has 0 radical (unpaired) electrons. The van der Waals surface area contributed by atoms with Gasteiger partial charge in [-0.3, -0.25) is 10.1 Å². The third-order valence-electron chi connectivity index (χ3n) is 2.88. The van der Waals surface area contributed by atoms with Crippen molar-refractivity contribution in [1.29, 1.82) is 0 Å². The Morgan fingerprint density at radius 1 is 1.16 bits per heavy atom. The molecule has 1 aliphatic rings. The maximum Gasteiger partial charge on any atom is 0.324 e. The zero-order valence-electron chi connectivity index (χ0n) is 11.7. The van der Waals surface area contributed by atoms with Crippen LogP contribution in [0, 0.1) is 0 Å². The second-order valence-corrected chi connectivity index (χ2v) is 4.18. The first-order chi connectivity index (χ1) is 9.25. The van der Waals surface area contributed by atoms with Crippen LogP contribution in [0.4, 0.5) is 4.79 Å². The molecule has 19 heavy (non-hydrogen) atoms. The van der Waals surface area contributed by atoms with E-state index in [9.17, 15) is 9.59 Å². The van der Waals surface area contributed by atoms with Crippen LogP contribution in [0.25, 0.3) is 0 Å². The second-order valence-electron chi connectivity index (χ2n) is 4.18. The molecule has 4 heteroatoms. The number of urea groups is 1. The van der Waals surface area contributed by atoms with Gasteiger partial charge in [0.1, 0.15) is 0 Å². The maximum atomic E-state index is 11.4. The quantitative estimate of drug-likeness (QED) is 0.906. The molecule has 4 nitrogen and oxygen atoms in total. The Morgan fingerprint density at radius 2 is 1.84 bits per heavy atom. The standard InChI is InChI=1S/C13H16N2O2.C2H6/c16-12-8-10-15(13(17)14-12)9-4-7-11-5-2-1-3-6-11;1-2/h1-3,5-6H,4,7-10H2,(H,14,16,17);1-2H3. The highest BCUT2D eigenvalue weighted by atomic mass is 16.2. The Kier molecular flexibility index (Phi) is 6.64. The van der Waals surface area contributed by atoms with Crippen molar-refractivity contribution in [2.45, 2.75) is 33.1 Å². The van der Waals surface area contributed by atoms with E-state index in [0.717, 1.165) is 12.8 Å². The predicted octanol–water partition coefficient (Wildman–Crippen LogP) is 2.59. The number of rotatable bonds is 4. The van der Waals surface area contributed by atoms with Crippen molar-refractivity contribution in [3.8, 4) is 0 Å². The molecule has 1 fully saturated rings. The molecule has 0 saturated carbocycles. The molecule has 0 atom stereocenters. The lowest BCUT2D eigenvalue weighted by atomic mass is 10.1. The highest BCUT2D eigenvalue weighted by Gasteiger charge is 2.21. The molecule has 1 heterocycles. The number of amides is 3. The van der Waals surface area contributed by atoms with Gasteiger partial charge < -0.3 is 4.90 Å². The fourth-order valence-electron chi connectivity index (χ4n) is 1.93. The monoisotopic (exact) mass is 262 g/mol. The van der Waals surface area contributed by atoms with Gasteiger partial charge in [-0.25, -0.2) is 4.79 Å². The van der Waals surface area contributed by atoms with Gasteiger partial charge in [-0.05, 0) is 18.4 Å². The van der Waals surface area contributed by atoms with Crippen LogP contribution in [-0.2, 0) is 11.2 Å². The van der Waals surface area contributed by atoms with Crippen molar-refractivity contribution < 1.29 is 9.59 Å². The van der Waals surface area contributed by atoms with Gasteiger partial charge in [0, 0.05) is 19.5 Å². The average molecular weight is 262 g/mol. The van der Waals surface area contributed by atoms with Crippen molar-refractivity contribution >= 4 is 11.9 Å². The molecular weight excluding hydrogens is 240 g/mol. The topological polar surface area (TPSA) is 49.4 Å². The lowest BCUT2D eigenvalue weighted by molar-refractivity contribution is -0.121. The summed E-state index contributed by atoms with van der Waals surface area (Å²) >= 11 is 0. The van der Waals surface area contributed by atoms with Crippen molar-refractivity contribution in [2.75, 3.05) is 13.1 Å². The molecular formula is C15H22N2O2. The van der Waals surface area contributed by atoms with E-state index in [1.54, 1.807) is 4.90 Å². The first-order valence-corrected chi connectivity index (χ1v) is 6.88. The van der Waals surface area contributed by atoms with Gasteiger partial charge in [-0.2, -0.15) is 0 Å². The van der Waals surface area contributed by atoms with Crippen LogP contribution < -0.4 is 5.32 Å². The Balaban J connectivity index is 0.000000861. The van der Waals surface area contributed by atoms with Crippen molar-refractivity contribution in [2.24, 2.45) is 0 Å². The van der Waals surface area contributed by atoms with E-state index >= 15 is 0 Å². The summed E-state index contributed by atoms with van der Waals surface area (Å²) in [7, 11) is 0. The summed E-state index contributed by atoms with van der Waals surface area (Å²) in [5.41, 5.74) is 1.28. The number of imide groups is 1. The highest BCUT2D eigenvalue weighted by Crippen LogP contribution is 2.06. The zero-order chi connectivity index (χ0) is 14.1. The highest BCUT2D eigenvalue weighted by molar-refractivity contribution is 5.96. The first-order valence-electron chi connectivity index (χ1n) is 6.88. The molecule has 0 aliphatic carbocycles. The smallest absolute Gasteiger partial charge is 0.324 e. The van der Waals surface area contributed by atoms with E-state index in [1.165, 1.54) is 5.56 Å². The van der Waals surface area contributed by atoms with Gasteiger partial charge in [0.2, 0.25) is 5.91 Å². The molecule has 1 aromatic rings. The fourth-order valence-corrected chi connectivity index (χ4v) is 1.93. The number of nitrogens with zero attached hydrogens (tertiary/aromatic N) is 1. The van der Waals surface area contributed by atoms with Crippen LogP contribution in [0.15, 0.2) is 30.3 Å². The molecule has 0 spiro atoms. The van der Waals surface area contributed by atoms with Crippen LogP contribution in [0.1, 0.15) is 32.3 Å². The molecule has 3 amide bonds. The molecule has 1 aromatic carbocycles. The minimum atomic E-state index is -0.255. The van der Waals surface area contributed by atoms with Gasteiger partial charge >= 0.3 is 6.03 Å². The summed E-state index contributed by atoms with van der Waals surface area (Å²) in [6.45, 7) is 5.24. The van der Waals surface area contributed by atoms with Crippen LogP contribution in [0.5, 0.6) is 0 Å². The minimum absolute atomic E-state index is 0.172. The number of aryl methyl sites for hydroxylation is 1. The lowest BCUT2D eigenvalue weighted by Crippen LogP contribution is -2.49. The summed E-state index contributed by atoms with van der Waals surface area (Å²) in [4.78, 5) is 24.1. The zero-order valence-corrected chi connectivity index (χ0v) is 11.7. The minimum Gasteiger partial charge on any atom is -0.324 e. The molecule has 0 aromatic heterocycles. The summed E-state index contributed by atoms with van der Waals surface area (Å²) in [5.74, 6) is -0.172. The van der Waals surface area contributed by atoms with Crippen molar-refractivity contribution in [1.82, 2.24) is 10.2 Å². The van der Waals surface area contributed by atoms with Crippen molar-refractivity contribution in [3.63, 3.8) is 0 Å². The molecule has 1 N–H and O–H groups in total. The van der Waals surface area contributed by atoms with Crippen LogP contribution >= 0.6 is 0 Å². The molecule has 104 valence electrons. The van der Waals surface area contributed by atoms with Crippen LogP contribution in [0.3, 0.4) is 0 Å². The molecule has 2 rings (SSSR count). The van der Waals surface area contributed by atoms with E-state index in [2.05, 4.69) is 17.4 Å². The molecule has 0 bridgehead atoms. The fraction of sp³-hybridized carbons (Fsp3) is 0.467. The summed E-state index contributed by atoms with van der Waals surface area (Å²) in [6.07, 6.45) is 2.29. The van der Waals surface area contributed by atoms with E-state index < -0.39 is 0 Å². The number of hydrogen-bond donors (Lipinski definition) is 1. The Hall–Kier alpha value is -1.84. The lowest BCUT2D eigenvalue weighted by Gasteiger charge is -2.26. The Labute approximate surface area is 114 Å². The van der Waals surface area contributed by atoms with Gasteiger partial charge in [-0.15, -0.1) is 0 Å². The normalized spacial score (nSPS) is 14.5. The van der Waals surface area contributed by atoms with Crippen LogP contribution in [0.2, 0.25) is 0 Å². The Bertz CT molecular complexity index is 404.